The number of carbonyl (C=O) groups is 1. The smallest absolute Gasteiger partial charge is 0.336 e. The summed E-state index contributed by atoms with van der Waals surface area (Å²) in [6, 6.07) is 1.20. The van der Waals surface area contributed by atoms with Gasteiger partial charge in [-0.3, -0.25) is 0 Å². The van der Waals surface area contributed by atoms with Crippen molar-refractivity contribution in [2.45, 2.75) is 13.0 Å². The van der Waals surface area contributed by atoms with Crippen molar-refractivity contribution in [2.24, 2.45) is 0 Å². The standard InChI is InChI=1S/C10H11ClFNO4S/c1-5(13-18(2,16)17)8-6(10(14)15)3-4-7(11)9(8)12/h3-5,13H,1-2H3,(H,14,15). The lowest BCUT2D eigenvalue weighted by Gasteiger charge is -2.16. The summed E-state index contributed by atoms with van der Waals surface area (Å²) >= 11 is 5.56. The Morgan fingerprint density at radius 3 is 2.50 bits per heavy atom. The van der Waals surface area contributed by atoms with Gasteiger partial charge in [-0.1, -0.05) is 11.6 Å². The first-order valence-electron chi connectivity index (χ1n) is 4.82. The van der Waals surface area contributed by atoms with E-state index in [2.05, 4.69) is 4.72 Å². The molecule has 0 aliphatic carbocycles. The van der Waals surface area contributed by atoms with Gasteiger partial charge in [0.1, 0.15) is 5.82 Å². The van der Waals surface area contributed by atoms with Crippen molar-refractivity contribution in [3.63, 3.8) is 0 Å². The average Bonchev–Trinajstić information content (AvgIpc) is 2.18. The highest BCUT2D eigenvalue weighted by molar-refractivity contribution is 7.88. The van der Waals surface area contributed by atoms with Crippen molar-refractivity contribution in [1.29, 1.82) is 0 Å². The zero-order valence-corrected chi connectivity index (χ0v) is 11.1. The van der Waals surface area contributed by atoms with E-state index in [1.165, 1.54) is 6.92 Å². The summed E-state index contributed by atoms with van der Waals surface area (Å²) in [6.45, 7) is 1.34. The van der Waals surface area contributed by atoms with Gasteiger partial charge in [-0.2, -0.15) is 0 Å². The third-order valence-corrected chi connectivity index (χ3v) is 3.26. The van der Waals surface area contributed by atoms with Gasteiger partial charge in [0.15, 0.2) is 0 Å². The number of nitrogens with one attached hydrogen (secondary N) is 1. The molecule has 0 amide bonds. The van der Waals surface area contributed by atoms with E-state index in [1.807, 2.05) is 0 Å². The molecule has 1 rings (SSSR count). The molecule has 5 nitrogen and oxygen atoms in total. The van der Waals surface area contributed by atoms with Gasteiger partial charge in [-0.15, -0.1) is 0 Å². The van der Waals surface area contributed by atoms with Gasteiger partial charge in [-0.05, 0) is 19.1 Å². The third kappa shape index (κ3) is 3.41. The normalized spacial score (nSPS) is 13.3. The molecule has 100 valence electrons. The molecular weight excluding hydrogens is 285 g/mol. The Balaban J connectivity index is 3.37. The predicted octanol–water partition coefficient (Wildman–Crippen LogP) is 1.79. The second kappa shape index (κ2) is 5.21. The molecule has 0 radical (unpaired) electrons. The number of hydrogen-bond acceptors (Lipinski definition) is 3. The van der Waals surface area contributed by atoms with E-state index in [1.54, 1.807) is 0 Å². The molecule has 0 aliphatic rings. The van der Waals surface area contributed by atoms with Gasteiger partial charge in [0, 0.05) is 11.6 Å². The fraction of sp³-hybridized carbons (Fsp3) is 0.300. The van der Waals surface area contributed by atoms with Crippen LogP contribution in [0, 0.1) is 5.82 Å². The topological polar surface area (TPSA) is 83.5 Å². The number of sulfonamides is 1. The van der Waals surface area contributed by atoms with E-state index < -0.39 is 27.9 Å². The molecule has 0 heterocycles. The Hall–Kier alpha value is -1.18. The van der Waals surface area contributed by atoms with E-state index in [4.69, 9.17) is 16.7 Å². The third-order valence-electron chi connectivity index (χ3n) is 2.19. The Bertz CT molecular complexity index is 588. The Labute approximate surface area is 109 Å². The molecule has 1 unspecified atom stereocenters. The maximum atomic E-state index is 13.8. The van der Waals surface area contributed by atoms with Crippen molar-refractivity contribution in [1.82, 2.24) is 4.72 Å². The van der Waals surface area contributed by atoms with Gasteiger partial charge in [0.05, 0.1) is 16.8 Å². The molecule has 1 atom stereocenters. The van der Waals surface area contributed by atoms with E-state index in [0.29, 0.717) is 0 Å². The highest BCUT2D eigenvalue weighted by atomic mass is 35.5. The molecule has 2 N–H and O–H groups in total. The predicted molar refractivity (Wildman–Crippen MR) is 64.8 cm³/mol. The molecule has 0 saturated heterocycles. The number of carboxylic acids is 1. The average molecular weight is 296 g/mol. The van der Waals surface area contributed by atoms with Crippen molar-refractivity contribution >= 4 is 27.6 Å². The zero-order chi connectivity index (χ0) is 14.1. The Morgan fingerprint density at radius 2 is 2.06 bits per heavy atom. The zero-order valence-electron chi connectivity index (χ0n) is 9.57. The van der Waals surface area contributed by atoms with Crippen molar-refractivity contribution in [3.05, 3.63) is 34.1 Å². The Kier molecular flexibility index (Phi) is 4.31. The van der Waals surface area contributed by atoms with Crippen LogP contribution in [0.15, 0.2) is 12.1 Å². The van der Waals surface area contributed by atoms with Crippen LogP contribution in [0.5, 0.6) is 0 Å². The Morgan fingerprint density at radius 1 is 1.50 bits per heavy atom. The number of aromatic carboxylic acids is 1. The van der Waals surface area contributed by atoms with Crippen LogP contribution in [-0.2, 0) is 10.0 Å². The number of rotatable bonds is 4. The molecule has 1 aromatic carbocycles. The second-order valence-electron chi connectivity index (χ2n) is 3.74. The van der Waals surface area contributed by atoms with Crippen LogP contribution in [-0.4, -0.2) is 25.7 Å². The van der Waals surface area contributed by atoms with Crippen molar-refractivity contribution in [3.8, 4) is 0 Å². The van der Waals surface area contributed by atoms with E-state index in [0.717, 1.165) is 18.4 Å². The molecule has 0 aliphatic heterocycles. The first kappa shape index (κ1) is 14.9. The van der Waals surface area contributed by atoms with Crippen molar-refractivity contribution in [2.75, 3.05) is 6.26 Å². The number of hydrogen-bond donors (Lipinski definition) is 2. The molecule has 0 aromatic heterocycles. The molecule has 1 aromatic rings. The van der Waals surface area contributed by atoms with Gasteiger partial charge >= 0.3 is 5.97 Å². The van der Waals surface area contributed by atoms with Crippen LogP contribution in [0.3, 0.4) is 0 Å². The highest BCUT2D eigenvalue weighted by Crippen LogP contribution is 2.27. The second-order valence-corrected chi connectivity index (χ2v) is 5.93. The number of carboxylic acid groups (broad SMARTS) is 1. The number of halogens is 2. The van der Waals surface area contributed by atoms with Gasteiger partial charge in [0.2, 0.25) is 10.0 Å². The molecule has 0 fully saturated rings. The van der Waals surface area contributed by atoms with Crippen molar-refractivity contribution < 1.29 is 22.7 Å². The highest BCUT2D eigenvalue weighted by Gasteiger charge is 2.23. The summed E-state index contributed by atoms with van der Waals surface area (Å²) in [7, 11) is -3.60. The first-order valence-corrected chi connectivity index (χ1v) is 7.09. The van der Waals surface area contributed by atoms with Crippen LogP contribution in [0.2, 0.25) is 5.02 Å². The maximum absolute atomic E-state index is 13.8. The molecular formula is C10H11ClFNO4S. The molecule has 0 bridgehead atoms. The molecule has 0 saturated carbocycles. The van der Waals surface area contributed by atoms with Gasteiger partial charge < -0.3 is 5.11 Å². The SMILES string of the molecule is CC(NS(C)(=O)=O)c1c(C(=O)O)ccc(Cl)c1F. The minimum atomic E-state index is -3.60. The summed E-state index contributed by atoms with van der Waals surface area (Å²) < 4.78 is 38.1. The van der Waals surface area contributed by atoms with E-state index in [9.17, 15) is 17.6 Å². The lowest BCUT2D eigenvalue weighted by molar-refractivity contribution is 0.0694. The minimum Gasteiger partial charge on any atom is -0.478 e. The van der Waals surface area contributed by atoms with Crippen LogP contribution in [0.1, 0.15) is 28.9 Å². The number of benzene rings is 1. The first-order chi connectivity index (χ1) is 8.13. The fourth-order valence-electron chi connectivity index (χ4n) is 1.56. The lowest BCUT2D eigenvalue weighted by Crippen LogP contribution is -2.27. The monoisotopic (exact) mass is 295 g/mol. The minimum absolute atomic E-state index is 0.267. The molecule has 18 heavy (non-hydrogen) atoms. The maximum Gasteiger partial charge on any atom is 0.336 e. The lowest BCUT2D eigenvalue weighted by atomic mass is 10.0. The van der Waals surface area contributed by atoms with Crippen LogP contribution in [0.4, 0.5) is 4.39 Å². The summed E-state index contributed by atoms with van der Waals surface area (Å²) in [5.74, 6) is -2.30. The largest absolute Gasteiger partial charge is 0.478 e. The summed E-state index contributed by atoms with van der Waals surface area (Å²) in [5.41, 5.74) is -0.624. The fourth-order valence-corrected chi connectivity index (χ4v) is 2.48. The molecule has 8 heteroatoms. The van der Waals surface area contributed by atoms with E-state index in [-0.39, 0.29) is 16.1 Å². The summed E-state index contributed by atoms with van der Waals surface area (Å²) in [6.07, 6.45) is 0.895. The van der Waals surface area contributed by atoms with Gasteiger partial charge in [-0.25, -0.2) is 22.3 Å². The molecule has 0 spiro atoms. The van der Waals surface area contributed by atoms with E-state index >= 15 is 0 Å². The van der Waals surface area contributed by atoms with Crippen LogP contribution in [0.25, 0.3) is 0 Å². The van der Waals surface area contributed by atoms with Crippen LogP contribution >= 0.6 is 11.6 Å². The van der Waals surface area contributed by atoms with Gasteiger partial charge in [0.25, 0.3) is 0 Å². The van der Waals surface area contributed by atoms with Crippen LogP contribution < -0.4 is 4.72 Å². The summed E-state index contributed by atoms with van der Waals surface area (Å²) in [4.78, 5) is 11.0. The summed E-state index contributed by atoms with van der Waals surface area (Å²) in [5, 5.41) is 8.67. The quantitative estimate of drug-likeness (QED) is 0.887.